The van der Waals surface area contributed by atoms with Crippen LogP contribution in [0.15, 0.2) is 17.5 Å². The van der Waals surface area contributed by atoms with Gasteiger partial charge in [-0.15, -0.1) is 11.3 Å². The van der Waals surface area contributed by atoms with E-state index in [4.69, 9.17) is 10.5 Å². The summed E-state index contributed by atoms with van der Waals surface area (Å²) in [6.07, 6.45) is 1.46. The Morgan fingerprint density at radius 1 is 1.76 bits per heavy atom. The first-order valence-corrected chi connectivity index (χ1v) is 6.74. The van der Waals surface area contributed by atoms with Crippen molar-refractivity contribution < 1.29 is 9.53 Å². The van der Waals surface area contributed by atoms with Crippen LogP contribution < -0.4 is 11.1 Å². The minimum atomic E-state index is -0.843. The summed E-state index contributed by atoms with van der Waals surface area (Å²) in [6.45, 7) is 2.94. The summed E-state index contributed by atoms with van der Waals surface area (Å²) in [5.74, 6) is -0.102. The summed E-state index contributed by atoms with van der Waals surface area (Å²) in [5.41, 5.74) is 5.18. The van der Waals surface area contributed by atoms with E-state index < -0.39 is 5.54 Å². The van der Waals surface area contributed by atoms with E-state index in [2.05, 4.69) is 12.2 Å². The molecule has 3 N–H and O–H groups in total. The van der Waals surface area contributed by atoms with Crippen molar-refractivity contribution in [2.45, 2.75) is 31.3 Å². The predicted octanol–water partition coefficient (Wildman–Crippen LogP) is 1.43. The maximum absolute atomic E-state index is 12.1. The fourth-order valence-corrected chi connectivity index (χ4v) is 2.79. The number of thiophene rings is 1. The smallest absolute Gasteiger partial charge is 0.243 e. The summed E-state index contributed by atoms with van der Waals surface area (Å²) >= 11 is 1.65. The number of amides is 1. The van der Waals surface area contributed by atoms with Crippen LogP contribution >= 0.6 is 11.3 Å². The zero-order valence-electron chi connectivity index (χ0n) is 9.94. The van der Waals surface area contributed by atoms with Gasteiger partial charge in [0.2, 0.25) is 5.91 Å². The standard InChI is InChI=1S/C12H18N2O2S/c1-2-9(10-4-3-7-17-10)14-11(15)12(13)5-6-16-8-12/h3-4,7,9H,2,5-6,8,13H2,1H3,(H,14,15). The molecule has 1 saturated heterocycles. The number of hydrogen-bond donors (Lipinski definition) is 2. The van der Waals surface area contributed by atoms with Gasteiger partial charge in [0.05, 0.1) is 12.6 Å². The third-order valence-electron chi connectivity index (χ3n) is 3.10. The lowest BCUT2D eigenvalue weighted by molar-refractivity contribution is -0.127. The molecule has 1 fully saturated rings. The maximum atomic E-state index is 12.1. The maximum Gasteiger partial charge on any atom is 0.243 e. The zero-order chi connectivity index (χ0) is 12.3. The van der Waals surface area contributed by atoms with Gasteiger partial charge >= 0.3 is 0 Å². The van der Waals surface area contributed by atoms with Crippen molar-refractivity contribution in [1.29, 1.82) is 0 Å². The summed E-state index contributed by atoms with van der Waals surface area (Å²) in [6, 6.07) is 4.09. The summed E-state index contributed by atoms with van der Waals surface area (Å²) < 4.78 is 5.20. The van der Waals surface area contributed by atoms with Crippen molar-refractivity contribution >= 4 is 17.2 Å². The molecule has 2 rings (SSSR count). The summed E-state index contributed by atoms with van der Waals surface area (Å²) in [7, 11) is 0. The van der Waals surface area contributed by atoms with E-state index in [9.17, 15) is 4.79 Å². The first-order valence-electron chi connectivity index (χ1n) is 5.87. The van der Waals surface area contributed by atoms with E-state index in [0.29, 0.717) is 19.6 Å². The van der Waals surface area contributed by atoms with Gasteiger partial charge in [-0.3, -0.25) is 4.79 Å². The Morgan fingerprint density at radius 2 is 2.59 bits per heavy atom. The number of carbonyl (C=O) groups is 1. The number of carbonyl (C=O) groups excluding carboxylic acids is 1. The first kappa shape index (κ1) is 12.5. The molecule has 1 aromatic rings. The Kier molecular flexibility index (Phi) is 3.81. The van der Waals surface area contributed by atoms with Crippen molar-refractivity contribution in [3.8, 4) is 0 Å². The minimum absolute atomic E-state index is 0.0588. The van der Waals surface area contributed by atoms with E-state index in [-0.39, 0.29) is 11.9 Å². The molecule has 1 aromatic heterocycles. The molecule has 0 saturated carbocycles. The lowest BCUT2D eigenvalue weighted by atomic mass is 9.98. The predicted molar refractivity (Wildman–Crippen MR) is 67.8 cm³/mol. The van der Waals surface area contributed by atoms with Gasteiger partial charge in [-0.1, -0.05) is 13.0 Å². The van der Waals surface area contributed by atoms with Gasteiger partial charge in [0, 0.05) is 11.5 Å². The highest BCUT2D eigenvalue weighted by atomic mass is 32.1. The topological polar surface area (TPSA) is 64.4 Å². The molecular weight excluding hydrogens is 236 g/mol. The highest BCUT2D eigenvalue weighted by molar-refractivity contribution is 7.10. The largest absolute Gasteiger partial charge is 0.379 e. The Labute approximate surface area is 105 Å². The molecule has 2 unspecified atom stereocenters. The van der Waals surface area contributed by atoms with Gasteiger partial charge in [0.15, 0.2) is 0 Å². The second kappa shape index (κ2) is 5.16. The highest BCUT2D eigenvalue weighted by Gasteiger charge is 2.39. The van der Waals surface area contributed by atoms with Crippen molar-refractivity contribution in [1.82, 2.24) is 5.32 Å². The van der Waals surface area contributed by atoms with Gasteiger partial charge in [0.1, 0.15) is 5.54 Å². The van der Waals surface area contributed by atoms with Crippen LogP contribution in [0, 0.1) is 0 Å². The molecule has 5 heteroatoms. The lowest BCUT2D eigenvalue weighted by Gasteiger charge is -2.24. The van der Waals surface area contributed by atoms with E-state index in [0.717, 1.165) is 6.42 Å². The molecule has 1 aliphatic heterocycles. The quantitative estimate of drug-likeness (QED) is 0.854. The molecule has 2 heterocycles. The Bertz CT molecular complexity index is 372. The van der Waals surface area contributed by atoms with Crippen molar-refractivity contribution in [3.05, 3.63) is 22.4 Å². The molecule has 0 radical (unpaired) electrons. The van der Waals surface area contributed by atoms with E-state index >= 15 is 0 Å². The van der Waals surface area contributed by atoms with Gasteiger partial charge in [-0.05, 0) is 24.3 Å². The molecule has 2 atom stereocenters. The van der Waals surface area contributed by atoms with Crippen LogP contribution in [-0.4, -0.2) is 24.7 Å². The molecule has 1 amide bonds. The van der Waals surface area contributed by atoms with Crippen LogP contribution in [-0.2, 0) is 9.53 Å². The Hall–Kier alpha value is -0.910. The van der Waals surface area contributed by atoms with Crippen LogP contribution in [0.3, 0.4) is 0 Å². The first-order chi connectivity index (χ1) is 8.15. The second-order valence-electron chi connectivity index (χ2n) is 4.41. The van der Waals surface area contributed by atoms with Crippen molar-refractivity contribution in [3.63, 3.8) is 0 Å². The second-order valence-corrected chi connectivity index (χ2v) is 5.39. The van der Waals surface area contributed by atoms with Crippen LogP contribution in [0.5, 0.6) is 0 Å². The Balaban J connectivity index is 2.02. The van der Waals surface area contributed by atoms with Crippen LogP contribution in [0.1, 0.15) is 30.7 Å². The van der Waals surface area contributed by atoms with Crippen LogP contribution in [0.4, 0.5) is 0 Å². The fraction of sp³-hybridized carbons (Fsp3) is 0.583. The summed E-state index contributed by atoms with van der Waals surface area (Å²) in [5, 5.41) is 5.03. The molecular formula is C12H18N2O2S. The third-order valence-corrected chi connectivity index (χ3v) is 4.09. The number of nitrogens with two attached hydrogens (primary N) is 1. The average molecular weight is 254 g/mol. The minimum Gasteiger partial charge on any atom is -0.379 e. The van der Waals surface area contributed by atoms with Gasteiger partial charge in [-0.25, -0.2) is 0 Å². The van der Waals surface area contributed by atoms with Gasteiger partial charge in [-0.2, -0.15) is 0 Å². The molecule has 94 valence electrons. The Morgan fingerprint density at radius 3 is 3.12 bits per heavy atom. The zero-order valence-corrected chi connectivity index (χ0v) is 10.8. The van der Waals surface area contributed by atoms with Crippen LogP contribution in [0.25, 0.3) is 0 Å². The molecule has 17 heavy (non-hydrogen) atoms. The lowest BCUT2D eigenvalue weighted by Crippen LogP contribution is -2.55. The normalized spacial score (nSPS) is 25.8. The molecule has 0 aromatic carbocycles. The number of ether oxygens (including phenoxy) is 1. The number of nitrogens with one attached hydrogen (secondary N) is 1. The van der Waals surface area contributed by atoms with Crippen molar-refractivity contribution in [2.75, 3.05) is 13.2 Å². The van der Waals surface area contributed by atoms with E-state index in [1.165, 1.54) is 4.88 Å². The fourth-order valence-electron chi connectivity index (χ4n) is 1.93. The molecule has 4 nitrogen and oxygen atoms in total. The molecule has 0 aliphatic carbocycles. The SMILES string of the molecule is CCC(NC(=O)C1(N)CCOC1)c1cccs1. The van der Waals surface area contributed by atoms with Crippen LogP contribution in [0.2, 0.25) is 0 Å². The third kappa shape index (κ3) is 2.68. The number of hydrogen-bond acceptors (Lipinski definition) is 4. The van der Waals surface area contributed by atoms with E-state index in [1.54, 1.807) is 11.3 Å². The van der Waals surface area contributed by atoms with Gasteiger partial charge < -0.3 is 15.8 Å². The molecule has 1 aliphatic rings. The molecule has 0 spiro atoms. The highest BCUT2D eigenvalue weighted by Crippen LogP contribution is 2.23. The van der Waals surface area contributed by atoms with E-state index in [1.807, 2.05) is 17.5 Å². The monoisotopic (exact) mass is 254 g/mol. The van der Waals surface area contributed by atoms with Crippen molar-refractivity contribution in [2.24, 2.45) is 5.73 Å². The summed E-state index contributed by atoms with van der Waals surface area (Å²) in [4.78, 5) is 13.3. The average Bonchev–Trinajstić information content (AvgIpc) is 2.97. The van der Waals surface area contributed by atoms with Gasteiger partial charge in [0.25, 0.3) is 0 Å². The molecule has 0 bridgehead atoms. The number of rotatable bonds is 4.